The number of fused-ring (bicyclic) bond motifs is 4. The Balaban J connectivity index is 1.81. The smallest absolute Gasteiger partial charge is 0.253 e. The Labute approximate surface area is 193 Å². The summed E-state index contributed by atoms with van der Waals surface area (Å²) in [7, 11) is 2.72. The number of nitrogens with one attached hydrogen (secondary N) is 1. The van der Waals surface area contributed by atoms with Crippen LogP contribution in [0.2, 0.25) is 0 Å². The first kappa shape index (κ1) is 21.3. The van der Waals surface area contributed by atoms with Crippen molar-refractivity contribution in [1.29, 1.82) is 0 Å². The zero-order chi connectivity index (χ0) is 23.2. The van der Waals surface area contributed by atoms with Gasteiger partial charge in [0.05, 0.1) is 18.9 Å². The SMILES string of the molecule is COc1cccc(O)c1[C@H]1C2=CC[C@@H]3C(=O)NC(=O)[C@@H]3[C@@H]2C[C@@]2(Cl)C(=O)N(C)C(=O)[C@@]12Cl. The highest BCUT2D eigenvalue weighted by molar-refractivity contribution is 6.53. The molecule has 1 aromatic rings. The van der Waals surface area contributed by atoms with Crippen molar-refractivity contribution >= 4 is 46.8 Å². The Morgan fingerprint density at radius 3 is 2.53 bits per heavy atom. The normalized spacial score (nSPS) is 38.1. The molecule has 8 nitrogen and oxygen atoms in total. The molecular weight excluding hydrogens is 459 g/mol. The molecule has 1 aromatic carbocycles. The molecule has 5 rings (SSSR count). The topological polar surface area (TPSA) is 113 Å². The minimum absolute atomic E-state index is 0.0902. The lowest BCUT2D eigenvalue weighted by atomic mass is 9.56. The number of carbonyl (C=O) groups is 4. The lowest BCUT2D eigenvalue weighted by Crippen LogP contribution is -2.60. The molecule has 6 atom stereocenters. The van der Waals surface area contributed by atoms with E-state index in [0.29, 0.717) is 5.57 Å². The molecule has 2 aliphatic heterocycles. The maximum atomic E-state index is 13.4. The Morgan fingerprint density at radius 1 is 1.12 bits per heavy atom. The highest BCUT2D eigenvalue weighted by Crippen LogP contribution is 2.66. The van der Waals surface area contributed by atoms with Gasteiger partial charge in [0, 0.05) is 18.5 Å². The van der Waals surface area contributed by atoms with E-state index in [1.54, 1.807) is 18.2 Å². The van der Waals surface area contributed by atoms with Crippen molar-refractivity contribution < 1.29 is 29.0 Å². The number of alkyl halides is 2. The number of benzene rings is 1. The maximum absolute atomic E-state index is 13.4. The van der Waals surface area contributed by atoms with Crippen LogP contribution in [0.3, 0.4) is 0 Å². The quantitative estimate of drug-likeness (QED) is 0.379. The number of allylic oxidation sites excluding steroid dienone is 2. The maximum Gasteiger partial charge on any atom is 0.253 e. The molecule has 3 fully saturated rings. The lowest BCUT2D eigenvalue weighted by molar-refractivity contribution is -0.138. The van der Waals surface area contributed by atoms with Crippen LogP contribution in [0, 0.1) is 17.8 Å². The zero-order valence-electron chi connectivity index (χ0n) is 17.2. The van der Waals surface area contributed by atoms with Gasteiger partial charge in [-0.1, -0.05) is 17.7 Å². The number of methoxy groups -OCH3 is 1. The third-order valence-electron chi connectivity index (χ3n) is 7.41. The van der Waals surface area contributed by atoms with Gasteiger partial charge in [-0.2, -0.15) is 0 Å². The van der Waals surface area contributed by atoms with Gasteiger partial charge in [-0.15, -0.1) is 23.2 Å². The van der Waals surface area contributed by atoms with Gasteiger partial charge in [-0.3, -0.25) is 29.4 Å². The van der Waals surface area contributed by atoms with Crippen LogP contribution < -0.4 is 10.1 Å². The predicted molar refractivity (Wildman–Crippen MR) is 113 cm³/mol. The molecule has 2 heterocycles. The third-order valence-corrected chi connectivity index (χ3v) is 8.82. The van der Waals surface area contributed by atoms with Crippen molar-refractivity contribution in [1.82, 2.24) is 10.2 Å². The summed E-state index contributed by atoms with van der Waals surface area (Å²) >= 11 is 14.0. The molecule has 32 heavy (non-hydrogen) atoms. The standard InChI is InChI=1S/C22H20Cl2N2O6/c1-26-19(30)21(23)8-11-9(6-7-10-14(11)18(29)25-17(10)28)16(22(21,24)20(26)31)15-12(27)4-3-5-13(15)32-2/h3-6,10-11,14,16,27H,7-8H2,1-2H3,(H,25,28,29)/t10-,11+,14-,16+,21+,22-/m0/s1. The molecule has 0 unspecified atom stereocenters. The molecule has 1 saturated carbocycles. The first-order chi connectivity index (χ1) is 15.1. The minimum atomic E-state index is -1.96. The molecule has 4 amide bonds. The number of carbonyl (C=O) groups excluding carboxylic acids is 4. The predicted octanol–water partition coefficient (Wildman–Crippen LogP) is 1.68. The van der Waals surface area contributed by atoms with E-state index in [1.807, 2.05) is 0 Å². The number of amides is 4. The second kappa shape index (κ2) is 6.71. The highest BCUT2D eigenvalue weighted by atomic mass is 35.5. The molecular formula is C22H20Cl2N2O6. The van der Waals surface area contributed by atoms with Crippen LogP contribution in [0.4, 0.5) is 0 Å². The molecule has 168 valence electrons. The number of imide groups is 2. The van der Waals surface area contributed by atoms with Gasteiger partial charge in [0.2, 0.25) is 11.8 Å². The Bertz CT molecular complexity index is 1140. The van der Waals surface area contributed by atoms with Crippen molar-refractivity contribution in [2.45, 2.75) is 28.5 Å². The fraction of sp³-hybridized carbons (Fsp3) is 0.455. The summed E-state index contributed by atoms with van der Waals surface area (Å²) in [6.45, 7) is 0. The van der Waals surface area contributed by atoms with E-state index in [9.17, 15) is 24.3 Å². The van der Waals surface area contributed by atoms with Crippen LogP contribution in [0.5, 0.6) is 11.5 Å². The second-order valence-corrected chi connectivity index (χ2v) is 9.99. The monoisotopic (exact) mass is 478 g/mol. The van der Waals surface area contributed by atoms with Crippen molar-refractivity contribution in [3.8, 4) is 11.5 Å². The Kier molecular flexibility index (Phi) is 4.46. The van der Waals surface area contributed by atoms with Gasteiger partial charge in [0.1, 0.15) is 11.5 Å². The van der Waals surface area contributed by atoms with E-state index in [0.717, 1.165) is 4.90 Å². The van der Waals surface area contributed by atoms with Gasteiger partial charge < -0.3 is 9.84 Å². The highest BCUT2D eigenvalue weighted by Gasteiger charge is 2.76. The fourth-order valence-electron chi connectivity index (χ4n) is 5.97. The molecule has 0 radical (unpaired) electrons. The van der Waals surface area contributed by atoms with Gasteiger partial charge in [-0.25, -0.2) is 0 Å². The molecule has 0 spiro atoms. The van der Waals surface area contributed by atoms with Gasteiger partial charge >= 0.3 is 0 Å². The Morgan fingerprint density at radius 2 is 1.84 bits per heavy atom. The summed E-state index contributed by atoms with van der Waals surface area (Å²) in [5.41, 5.74) is 0.809. The fourth-order valence-corrected chi connectivity index (χ4v) is 6.98. The summed E-state index contributed by atoms with van der Waals surface area (Å²) in [5, 5.41) is 13.2. The first-order valence-electron chi connectivity index (χ1n) is 10.2. The third kappa shape index (κ3) is 2.34. The van der Waals surface area contributed by atoms with Crippen molar-refractivity contribution in [3.63, 3.8) is 0 Å². The van der Waals surface area contributed by atoms with Crippen LogP contribution in [0.15, 0.2) is 29.8 Å². The zero-order valence-corrected chi connectivity index (χ0v) is 18.7. The number of rotatable bonds is 2. The summed E-state index contributed by atoms with van der Waals surface area (Å²) in [6, 6.07) is 4.62. The first-order valence-corrected chi connectivity index (χ1v) is 10.9. The average Bonchev–Trinajstić information content (AvgIpc) is 3.12. The number of halogens is 2. The number of hydrogen-bond acceptors (Lipinski definition) is 6. The number of aromatic hydroxyl groups is 1. The number of hydrogen-bond donors (Lipinski definition) is 2. The van der Waals surface area contributed by atoms with Crippen molar-refractivity contribution in [2.24, 2.45) is 17.8 Å². The van der Waals surface area contributed by atoms with Crippen LogP contribution >= 0.6 is 23.2 Å². The van der Waals surface area contributed by atoms with Crippen molar-refractivity contribution in [2.75, 3.05) is 14.2 Å². The molecule has 10 heteroatoms. The van der Waals surface area contributed by atoms with Crippen LogP contribution in [0.25, 0.3) is 0 Å². The molecule has 0 aromatic heterocycles. The summed E-state index contributed by atoms with van der Waals surface area (Å²) < 4.78 is 5.47. The van der Waals surface area contributed by atoms with Gasteiger partial charge in [0.15, 0.2) is 9.75 Å². The van der Waals surface area contributed by atoms with E-state index in [4.69, 9.17) is 27.9 Å². The number of likely N-dealkylation sites (tertiary alicyclic amines) is 1. The molecule has 4 aliphatic rings. The van der Waals surface area contributed by atoms with Crippen LogP contribution in [0.1, 0.15) is 24.3 Å². The van der Waals surface area contributed by atoms with Crippen LogP contribution in [-0.4, -0.2) is 57.5 Å². The summed E-state index contributed by atoms with van der Waals surface area (Å²) in [6.07, 6.45) is 1.96. The number of nitrogens with zero attached hydrogens (tertiary/aromatic N) is 1. The van der Waals surface area contributed by atoms with E-state index in [1.165, 1.54) is 20.2 Å². The lowest BCUT2D eigenvalue weighted by Gasteiger charge is -2.50. The van der Waals surface area contributed by atoms with Crippen molar-refractivity contribution in [3.05, 3.63) is 35.4 Å². The van der Waals surface area contributed by atoms with E-state index >= 15 is 0 Å². The van der Waals surface area contributed by atoms with E-state index < -0.39 is 51.1 Å². The minimum Gasteiger partial charge on any atom is -0.508 e. The van der Waals surface area contributed by atoms with Gasteiger partial charge in [-0.05, 0) is 30.9 Å². The second-order valence-electron chi connectivity index (χ2n) is 8.74. The van der Waals surface area contributed by atoms with Gasteiger partial charge in [0.25, 0.3) is 11.8 Å². The molecule has 2 saturated heterocycles. The molecule has 0 bridgehead atoms. The summed E-state index contributed by atoms with van der Waals surface area (Å²) in [5.74, 6) is -5.10. The number of phenolic OH excluding ortho intramolecular Hbond substituents is 1. The van der Waals surface area contributed by atoms with Crippen LogP contribution in [-0.2, 0) is 19.2 Å². The summed E-state index contributed by atoms with van der Waals surface area (Å²) in [4.78, 5) is 48.7. The molecule has 2 aliphatic carbocycles. The van der Waals surface area contributed by atoms with E-state index in [-0.39, 0.29) is 35.8 Å². The largest absolute Gasteiger partial charge is 0.508 e. The Hall–Kier alpha value is -2.58. The number of phenols is 1. The molecule has 2 N–H and O–H groups in total. The van der Waals surface area contributed by atoms with E-state index in [2.05, 4.69) is 5.32 Å². The number of ether oxygens (including phenoxy) is 1. The average molecular weight is 479 g/mol.